The molecule has 0 aliphatic carbocycles. The molecule has 5 nitrogen and oxygen atoms in total. The molecule has 2 heterocycles. The number of aromatic nitrogens is 1. The van der Waals surface area contributed by atoms with Crippen LogP contribution in [0.25, 0.3) is 10.6 Å². The predicted octanol–water partition coefficient (Wildman–Crippen LogP) is 3.84. The predicted molar refractivity (Wildman–Crippen MR) is 97.8 cm³/mol. The average molecular weight is 358 g/mol. The monoisotopic (exact) mass is 358 g/mol. The fraction of sp³-hybridized carbons (Fsp3) is 0.421. The molecule has 1 aromatic heterocycles. The van der Waals surface area contributed by atoms with Crippen LogP contribution in [-0.2, 0) is 4.79 Å². The second-order valence-corrected chi connectivity index (χ2v) is 7.40. The Bertz CT molecular complexity index is 772. The van der Waals surface area contributed by atoms with Crippen LogP contribution in [0.5, 0.6) is 0 Å². The molecule has 3 rings (SSSR count). The van der Waals surface area contributed by atoms with Gasteiger partial charge < -0.3 is 10.0 Å². The maximum absolute atomic E-state index is 12.8. The number of aliphatic carboxylic acids is 1. The highest BCUT2D eigenvalue weighted by Crippen LogP contribution is 2.28. The quantitative estimate of drug-likeness (QED) is 0.882. The van der Waals surface area contributed by atoms with Crippen molar-refractivity contribution in [1.29, 1.82) is 0 Å². The number of nitrogens with zero attached hydrogens (tertiary/aromatic N) is 2. The van der Waals surface area contributed by atoms with Crippen molar-refractivity contribution < 1.29 is 14.7 Å². The van der Waals surface area contributed by atoms with Crippen molar-refractivity contribution in [3.05, 3.63) is 40.9 Å². The van der Waals surface area contributed by atoms with E-state index < -0.39 is 5.97 Å². The smallest absolute Gasteiger partial charge is 0.303 e. The summed E-state index contributed by atoms with van der Waals surface area (Å²) in [7, 11) is 0. The van der Waals surface area contributed by atoms with Crippen LogP contribution in [0, 0.1) is 12.8 Å². The maximum Gasteiger partial charge on any atom is 0.303 e. The fourth-order valence-corrected chi connectivity index (χ4v) is 4.17. The van der Waals surface area contributed by atoms with Crippen molar-refractivity contribution in [2.24, 2.45) is 5.92 Å². The minimum atomic E-state index is -0.772. The Kier molecular flexibility index (Phi) is 5.48. The van der Waals surface area contributed by atoms with Crippen molar-refractivity contribution in [2.75, 3.05) is 13.1 Å². The summed E-state index contributed by atoms with van der Waals surface area (Å²) in [6.07, 6.45) is 2.71. The molecule has 1 fully saturated rings. The highest BCUT2D eigenvalue weighted by Gasteiger charge is 2.26. The lowest BCUT2D eigenvalue weighted by molar-refractivity contribution is -0.137. The zero-order valence-electron chi connectivity index (χ0n) is 14.3. The van der Waals surface area contributed by atoms with Gasteiger partial charge in [-0.25, -0.2) is 4.98 Å². The topological polar surface area (TPSA) is 70.5 Å². The van der Waals surface area contributed by atoms with Gasteiger partial charge in [-0.15, -0.1) is 11.3 Å². The molecule has 0 bridgehead atoms. The minimum Gasteiger partial charge on any atom is -0.481 e. The molecule has 1 amide bonds. The van der Waals surface area contributed by atoms with E-state index in [1.54, 1.807) is 0 Å². The number of piperidine rings is 1. The van der Waals surface area contributed by atoms with Gasteiger partial charge in [-0.1, -0.05) is 24.3 Å². The summed E-state index contributed by atoms with van der Waals surface area (Å²) < 4.78 is 0. The van der Waals surface area contributed by atoms with Crippen molar-refractivity contribution in [3.63, 3.8) is 0 Å². The normalized spacial score (nSPS) is 17.5. The Labute approximate surface area is 151 Å². The number of aryl methyl sites for hydroxylation is 1. The number of rotatable bonds is 5. The van der Waals surface area contributed by atoms with E-state index in [2.05, 4.69) is 4.98 Å². The summed E-state index contributed by atoms with van der Waals surface area (Å²) in [5.74, 6) is -0.551. The molecule has 6 heteroatoms. The first-order valence-electron chi connectivity index (χ1n) is 8.57. The summed E-state index contributed by atoms with van der Waals surface area (Å²) in [4.78, 5) is 29.9. The van der Waals surface area contributed by atoms with E-state index in [1.165, 1.54) is 11.3 Å². The molecular weight excluding hydrogens is 336 g/mol. The number of carbonyl (C=O) groups is 2. The van der Waals surface area contributed by atoms with Gasteiger partial charge in [0, 0.05) is 30.5 Å². The van der Waals surface area contributed by atoms with Gasteiger partial charge in [0.25, 0.3) is 5.91 Å². The third-order valence-electron chi connectivity index (χ3n) is 4.67. The highest BCUT2D eigenvalue weighted by atomic mass is 32.1. The minimum absolute atomic E-state index is 0.0453. The number of thiazole rings is 1. The summed E-state index contributed by atoms with van der Waals surface area (Å²) in [5.41, 5.74) is 2.69. The molecule has 1 aliphatic heterocycles. The first-order valence-corrected chi connectivity index (χ1v) is 9.45. The number of carboxylic acids is 1. The fourth-order valence-electron chi connectivity index (χ4n) is 3.28. The van der Waals surface area contributed by atoms with Gasteiger partial charge in [-0.05, 0) is 37.7 Å². The first-order chi connectivity index (χ1) is 12.0. The maximum atomic E-state index is 12.8. The number of amides is 1. The molecule has 1 aromatic carbocycles. The molecule has 1 aliphatic rings. The molecule has 1 N–H and O–H groups in total. The number of benzene rings is 1. The number of carboxylic acid groups (broad SMARTS) is 1. The van der Waals surface area contributed by atoms with Gasteiger partial charge in [0.05, 0.1) is 0 Å². The molecule has 132 valence electrons. The van der Waals surface area contributed by atoms with Crippen molar-refractivity contribution in [3.8, 4) is 10.6 Å². The van der Waals surface area contributed by atoms with E-state index in [9.17, 15) is 9.59 Å². The van der Waals surface area contributed by atoms with Crippen LogP contribution in [0.4, 0.5) is 0 Å². The van der Waals surface area contributed by atoms with E-state index in [0.717, 1.165) is 35.5 Å². The van der Waals surface area contributed by atoms with E-state index in [4.69, 9.17) is 5.11 Å². The Morgan fingerprint density at radius 1 is 1.36 bits per heavy atom. The lowest BCUT2D eigenvalue weighted by atomic mass is 9.93. The zero-order valence-corrected chi connectivity index (χ0v) is 15.1. The Hall–Kier alpha value is -2.21. The lowest BCUT2D eigenvalue weighted by Gasteiger charge is -2.32. The second-order valence-electron chi connectivity index (χ2n) is 6.54. The molecule has 0 spiro atoms. The second kappa shape index (κ2) is 7.78. The summed E-state index contributed by atoms with van der Waals surface area (Å²) in [6, 6.07) is 8.02. The number of likely N-dealkylation sites (tertiary alicyclic amines) is 1. The molecular formula is C19H22N2O3S. The molecule has 1 atom stereocenters. The summed E-state index contributed by atoms with van der Waals surface area (Å²) in [5, 5.41) is 11.5. The van der Waals surface area contributed by atoms with Crippen LogP contribution in [0.1, 0.15) is 41.7 Å². The van der Waals surface area contributed by atoms with Crippen LogP contribution in [0.3, 0.4) is 0 Å². The largest absolute Gasteiger partial charge is 0.481 e. The van der Waals surface area contributed by atoms with Crippen LogP contribution in [0.15, 0.2) is 29.6 Å². The Morgan fingerprint density at radius 2 is 2.16 bits per heavy atom. The standard InChI is InChI=1S/C19H22N2O3S/c1-13-5-2-3-7-15(13)18-20-16(12-25-18)19(24)21-10-4-6-14(11-21)8-9-17(22)23/h2-3,5,7,12,14H,4,6,8-11H2,1H3,(H,22,23)/t14-/m0/s1. The van der Waals surface area contributed by atoms with Gasteiger partial charge in [0.15, 0.2) is 0 Å². The molecule has 0 radical (unpaired) electrons. The molecule has 25 heavy (non-hydrogen) atoms. The van der Waals surface area contributed by atoms with Crippen molar-refractivity contribution >= 4 is 23.2 Å². The van der Waals surface area contributed by atoms with Gasteiger partial charge in [0.2, 0.25) is 0 Å². The van der Waals surface area contributed by atoms with E-state index in [0.29, 0.717) is 18.7 Å². The number of hydrogen-bond acceptors (Lipinski definition) is 4. The average Bonchev–Trinajstić information content (AvgIpc) is 3.10. The molecule has 0 saturated carbocycles. The van der Waals surface area contributed by atoms with E-state index >= 15 is 0 Å². The SMILES string of the molecule is Cc1ccccc1-c1nc(C(=O)N2CCC[C@@H](CCC(=O)O)C2)cs1. The van der Waals surface area contributed by atoms with Crippen LogP contribution >= 0.6 is 11.3 Å². The van der Waals surface area contributed by atoms with Crippen LogP contribution < -0.4 is 0 Å². The summed E-state index contributed by atoms with van der Waals surface area (Å²) >= 11 is 1.49. The zero-order chi connectivity index (χ0) is 17.8. The van der Waals surface area contributed by atoms with Gasteiger partial charge in [-0.2, -0.15) is 0 Å². The van der Waals surface area contributed by atoms with E-state index in [1.807, 2.05) is 41.5 Å². The van der Waals surface area contributed by atoms with Crippen molar-refractivity contribution in [2.45, 2.75) is 32.6 Å². The number of hydrogen-bond donors (Lipinski definition) is 1. The van der Waals surface area contributed by atoms with Gasteiger partial charge in [-0.3, -0.25) is 9.59 Å². The molecule has 2 aromatic rings. The third kappa shape index (κ3) is 4.25. The van der Waals surface area contributed by atoms with Crippen molar-refractivity contribution in [1.82, 2.24) is 9.88 Å². The van der Waals surface area contributed by atoms with Crippen LogP contribution in [0.2, 0.25) is 0 Å². The lowest BCUT2D eigenvalue weighted by Crippen LogP contribution is -2.40. The van der Waals surface area contributed by atoms with Gasteiger partial charge in [0.1, 0.15) is 10.7 Å². The highest BCUT2D eigenvalue weighted by molar-refractivity contribution is 7.13. The Morgan fingerprint density at radius 3 is 2.92 bits per heavy atom. The van der Waals surface area contributed by atoms with Crippen LogP contribution in [-0.4, -0.2) is 40.0 Å². The van der Waals surface area contributed by atoms with E-state index in [-0.39, 0.29) is 18.2 Å². The molecule has 0 unspecified atom stereocenters. The Balaban J connectivity index is 1.69. The molecule has 1 saturated heterocycles. The van der Waals surface area contributed by atoms with Gasteiger partial charge >= 0.3 is 5.97 Å². The first kappa shape index (κ1) is 17.6. The number of carbonyl (C=O) groups excluding carboxylic acids is 1. The summed E-state index contributed by atoms with van der Waals surface area (Å²) in [6.45, 7) is 3.39. The third-order valence-corrected chi connectivity index (χ3v) is 5.55.